The predicted molar refractivity (Wildman–Crippen MR) is 101 cm³/mol. The smallest absolute Gasteiger partial charge is 0.270 e. The molecule has 1 heterocycles. The first-order valence-corrected chi connectivity index (χ1v) is 8.42. The maximum Gasteiger partial charge on any atom is 0.270 e. The highest BCUT2D eigenvalue weighted by molar-refractivity contribution is 6.31. The highest BCUT2D eigenvalue weighted by Crippen LogP contribution is 2.22. The number of hydrogen-bond acceptors (Lipinski definition) is 5. The molecule has 0 aliphatic rings. The molecular weight excluding hydrogens is 372 g/mol. The lowest BCUT2D eigenvalue weighted by Crippen LogP contribution is -2.34. The van der Waals surface area contributed by atoms with Gasteiger partial charge in [-0.05, 0) is 24.6 Å². The third-order valence-electron chi connectivity index (χ3n) is 4.08. The molecule has 138 valence electrons. The van der Waals surface area contributed by atoms with Gasteiger partial charge in [-0.25, -0.2) is 4.98 Å². The van der Waals surface area contributed by atoms with Crippen molar-refractivity contribution < 1.29 is 9.72 Å². The van der Waals surface area contributed by atoms with Gasteiger partial charge >= 0.3 is 0 Å². The number of aromatic nitrogens is 2. The number of nitro benzene ring substituents is 1. The third kappa shape index (κ3) is 3.95. The lowest BCUT2D eigenvalue weighted by molar-refractivity contribution is -0.384. The quantitative estimate of drug-likeness (QED) is 0.536. The maximum atomic E-state index is 12.5. The Balaban J connectivity index is 1.82. The largest absolute Gasteiger partial charge is 0.348 e. The summed E-state index contributed by atoms with van der Waals surface area (Å²) in [6.07, 6.45) is 1.25. The highest BCUT2D eigenvalue weighted by atomic mass is 35.5. The average molecular weight is 387 g/mol. The van der Waals surface area contributed by atoms with E-state index in [9.17, 15) is 19.7 Å². The minimum Gasteiger partial charge on any atom is -0.348 e. The Morgan fingerprint density at radius 1 is 1.33 bits per heavy atom. The molecule has 0 fully saturated rings. The minimum atomic E-state index is -0.589. The molecule has 0 aliphatic heterocycles. The number of nitrogens with zero attached hydrogens (tertiary/aromatic N) is 3. The van der Waals surface area contributed by atoms with Crippen LogP contribution in [0.3, 0.4) is 0 Å². The number of fused-ring (bicyclic) bond motifs is 1. The van der Waals surface area contributed by atoms with Crippen LogP contribution in [-0.4, -0.2) is 20.4 Å². The Morgan fingerprint density at radius 2 is 2.07 bits per heavy atom. The topological polar surface area (TPSA) is 107 Å². The van der Waals surface area contributed by atoms with Crippen LogP contribution < -0.4 is 10.9 Å². The molecule has 2 aromatic carbocycles. The number of nitro groups is 1. The van der Waals surface area contributed by atoms with Crippen LogP contribution in [0.2, 0.25) is 5.02 Å². The van der Waals surface area contributed by atoms with E-state index in [1.54, 1.807) is 25.1 Å². The molecule has 3 rings (SSSR count). The molecular formula is C18H15ClN4O4. The van der Waals surface area contributed by atoms with E-state index in [1.165, 1.54) is 18.5 Å². The summed E-state index contributed by atoms with van der Waals surface area (Å²) in [7, 11) is 0. The van der Waals surface area contributed by atoms with E-state index in [2.05, 4.69) is 10.3 Å². The maximum absolute atomic E-state index is 12.5. The molecule has 0 unspecified atom stereocenters. The van der Waals surface area contributed by atoms with Crippen molar-refractivity contribution >= 4 is 34.1 Å². The summed E-state index contributed by atoms with van der Waals surface area (Å²) in [6.45, 7) is 1.52. The van der Waals surface area contributed by atoms with Crippen molar-refractivity contribution in [1.82, 2.24) is 14.9 Å². The number of rotatable bonds is 5. The number of carbonyl (C=O) groups excluding carboxylic acids is 1. The van der Waals surface area contributed by atoms with Crippen LogP contribution in [-0.2, 0) is 11.3 Å². The summed E-state index contributed by atoms with van der Waals surface area (Å²) in [5.41, 5.74) is 0.346. The van der Waals surface area contributed by atoms with Gasteiger partial charge in [-0.1, -0.05) is 29.8 Å². The molecule has 0 bridgehead atoms. The molecule has 0 saturated carbocycles. The molecule has 1 amide bonds. The molecule has 0 saturated heterocycles. The molecule has 0 radical (unpaired) electrons. The minimum absolute atomic E-state index is 0.0821. The van der Waals surface area contributed by atoms with Crippen LogP contribution >= 0.6 is 11.6 Å². The number of amides is 1. The summed E-state index contributed by atoms with van der Waals surface area (Å²) in [4.78, 5) is 39.3. The monoisotopic (exact) mass is 386 g/mol. The zero-order valence-corrected chi connectivity index (χ0v) is 15.0. The Kier molecular flexibility index (Phi) is 5.18. The van der Waals surface area contributed by atoms with Gasteiger partial charge in [0.2, 0.25) is 5.91 Å². The van der Waals surface area contributed by atoms with Gasteiger partial charge in [0.05, 0.1) is 28.2 Å². The first kappa shape index (κ1) is 18.5. The second-order valence-corrected chi connectivity index (χ2v) is 6.35. The van der Waals surface area contributed by atoms with Crippen LogP contribution in [0, 0.1) is 10.1 Å². The van der Waals surface area contributed by atoms with Crippen LogP contribution in [0.15, 0.2) is 53.6 Å². The second-order valence-electron chi connectivity index (χ2n) is 5.95. The molecule has 1 atom stereocenters. The lowest BCUT2D eigenvalue weighted by Gasteiger charge is -2.16. The predicted octanol–water partition coefficient (Wildman–Crippen LogP) is 2.84. The van der Waals surface area contributed by atoms with E-state index in [-0.39, 0.29) is 23.7 Å². The van der Waals surface area contributed by atoms with Crippen molar-refractivity contribution in [2.45, 2.75) is 19.5 Å². The van der Waals surface area contributed by atoms with Crippen LogP contribution in [0.25, 0.3) is 10.9 Å². The number of hydrogen-bond donors (Lipinski definition) is 1. The van der Waals surface area contributed by atoms with Gasteiger partial charge in [0, 0.05) is 17.2 Å². The van der Waals surface area contributed by atoms with Crippen molar-refractivity contribution in [2.24, 2.45) is 0 Å². The second kappa shape index (κ2) is 7.55. The van der Waals surface area contributed by atoms with Gasteiger partial charge in [0.1, 0.15) is 6.54 Å². The van der Waals surface area contributed by atoms with Crippen molar-refractivity contribution in [2.75, 3.05) is 0 Å². The molecule has 1 N–H and O–H groups in total. The first-order valence-electron chi connectivity index (χ1n) is 8.04. The lowest BCUT2D eigenvalue weighted by atomic mass is 10.1. The third-order valence-corrected chi connectivity index (χ3v) is 4.43. The number of benzene rings is 2. The summed E-state index contributed by atoms with van der Waals surface area (Å²) >= 11 is 6.12. The van der Waals surface area contributed by atoms with E-state index in [4.69, 9.17) is 11.6 Å². The Hall–Kier alpha value is -3.26. The zero-order valence-electron chi connectivity index (χ0n) is 14.3. The summed E-state index contributed by atoms with van der Waals surface area (Å²) in [5.74, 6) is -0.406. The van der Waals surface area contributed by atoms with E-state index in [1.807, 2.05) is 6.07 Å². The summed E-state index contributed by atoms with van der Waals surface area (Å²) in [6, 6.07) is 10.6. The molecule has 0 aliphatic carbocycles. The Labute approximate surface area is 158 Å². The van der Waals surface area contributed by atoms with E-state index in [0.29, 0.717) is 10.5 Å². The van der Waals surface area contributed by atoms with Crippen molar-refractivity contribution in [3.8, 4) is 0 Å². The Bertz CT molecular complexity index is 1100. The van der Waals surface area contributed by atoms with Crippen molar-refractivity contribution in [3.05, 3.63) is 79.8 Å². The fourth-order valence-corrected chi connectivity index (χ4v) is 3.02. The van der Waals surface area contributed by atoms with Crippen LogP contribution in [0.1, 0.15) is 18.5 Å². The number of nitrogens with one attached hydrogen (secondary N) is 1. The molecule has 8 nitrogen and oxygen atoms in total. The number of carbonyl (C=O) groups is 1. The molecule has 0 spiro atoms. The fourth-order valence-electron chi connectivity index (χ4n) is 2.72. The number of non-ortho nitro benzene ring substituents is 1. The van der Waals surface area contributed by atoms with Gasteiger partial charge in [-0.15, -0.1) is 0 Å². The molecule has 1 aromatic heterocycles. The van der Waals surface area contributed by atoms with E-state index in [0.717, 1.165) is 16.2 Å². The Morgan fingerprint density at radius 3 is 2.78 bits per heavy atom. The van der Waals surface area contributed by atoms with Gasteiger partial charge in [-0.3, -0.25) is 24.3 Å². The summed E-state index contributed by atoms with van der Waals surface area (Å²) in [5, 5.41) is 14.3. The molecule has 9 heteroatoms. The fraction of sp³-hybridized carbons (Fsp3) is 0.167. The van der Waals surface area contributed by atoms with Gasteiger partial charge < -0.3 is 5.32 Å². The van der Waals surface area contributed by atoms with Crippen molar-refractivity contribution in [1.29, 1.82) is 0 Å². The SMILES string of the molecule is C[C@H](NC(=O)Cn1cnc2ccc([N+](=O)[O-])cc2c1=O)c1ccccc1Cl. The summed E-state index contributed by atoms with van der Waals surface area (Å²) < 4.78 is 1.11. The van der Waals surface area contributed by atoms with Gasteiger partial charge in [0.15, 0.2) is 0 Å². The molecule has 3 aromatic rings. The number of halogens is 1. The van der Waals surface area contributed by atoms with Crippen LogP contribution in [0.4, 0.5) is 5.69 Å². The van der Waals surface area contributed by atoms with Crippen LogP contribution in [0.5, 0.6) is 0 Å². The van der Waals surface area contributed by atoms with E-state index < -0.39 is 16.4 Å². The van der Waals surface area contributed by atoms with Gasteiger partial charge in [-0.2, -0.15) is 0 Å². The van der Waals surface area contributed by atoms with Gasteiger partial charge in [0.25, 0.3) is 11.2 Å². The normalized spacial score (nSPS) is 11.9. The highest BCUT2D eigenvalue weighted by Gasteiger charge is 2.15. The molecule has 27 heavy (non-hydrogen) atoms. The van der Waals surface area contributed by atoms with E-state index >= 15 is 0 Å². The average Bonchev–Trinajstić information content (AvgIpc) is 2.64. The first-order chi connectivity index (χ1) is 12.9. The zero-order chi connectivity index (χ0) is 19.6. The van der Waals surface area contributed by atoms with Crippen molar-refractivity contribution in [3.63, 3.8) is 0 Å². The standard InChI is InChI=1S/C18H15ClN4O4/c1-11(13-4-2-3-5-15(13)19)21-17(24)9-22-10-20-16-7-6-12(23(26)27)8-14(16)18(22)25/h2-8,10-11H,9H2,1H3,(H,21,24)/t11-/m0/s1.